The van der Waals surface area contributed by atoms with Crippen LogP contribution in [0.3, 0.4) is 0 Å². The molecular formula is C18H20N6O2S. The average Bonchev–Trinajstić information content (AvgIpc) is 3.26. The zero-order valence-corrected chi connectivity index (χ0v) is 15.9. The lowest BCUT2D eigenvalue weighted by molar-refractivity contribution is 0.0761. The Kier molecular flexibility index (Phi) is 4.71. The maximum Gasteiger partial charge on any atom is 0.274 e. The highest BCUT2D eigenvalue weighted by molar-refractivity contribution is 7.18. The maximum atomic E-state index is 13.0. The van der Waals surface area contributed by atoms with Gasteiger partial charge in [-0.05, 0) is 32.4 Å². The Morgan fingerprint density at radius 1 is 1.37 bits per heavy atom. The second-order valence-corrected chi connectivity index (χ2v) is 7.80. The molecule has 1 aliphatic rings. The number of anilines is 1. The predicted molar refractivity (Wildman–Crippen MR) is 103 cm³/mol. The van der Waals surface area contributed by atoms with Crippen LogP contribution in [0.4, 0.5) is 5.95 Å². The van der Waals surface area contributed by atoms with E-state index in [1.165, 1.54) is 11.3 Å². The van der Waals surface area contributed by atoms with Crippen LogP contribution in [0.15, 0.2) is 24.4 Å². The van der Waals surface area contributed by atoms with Crippen LogP contribution in [-0.4, -0.2) is 55.0 Å². The van der Waals surface area contributed by atoms with Crippen LogP contribution in [-0.2, 0) is 0 Å². The van der Waals surface area contributed by atoms with Gasteiger partial charge in [0.25, 0.3) is 5.91 Å². The Hall–Kier alpha value is -2.65. The lowest BCUT2D eigenvalue weighted by atomic mass is 10.2. The fourth-order valence-electron chi connectivity index (χ4n) is 3.11. The molecule has 1 fully saturated rings. The van der Waals surface area contributed by atoms with Crippen molar-refractivity contribution in [2.24, 2.45) is 0 Å². The number of aryl methyl sites for hydroxylation is 1. The standard InChI is InChI=1S/C18H20N6O2S/c1-10(13-5-3-4-7-19-13)20-18-22-14(15-16(23-18)21-11(2)27-15)17(26)24-8-6-12(25)9-24/h3-5,7,10,12,25H,6,8-9H2,1-2H3,(H,20,22,23)/t10-,12?/m0/s1. The van der Waals surface area contributed by atoms with Gasteiger partial charge < -0.3 is 15.3 Å². The summed E-state index contributed by atoms with van der Waals surface area (Å²) in [5.74, 6) is 0.144. The number of pyridine rings is 1. The van der Waals surface area contributed by atoms with Crippen molar-refractivity contribution in [3.63, 3.8) is 0 Å². The van der Waals surface area contributed by atoms with Crippen molar-refractivity contribution in [3.8, 4) is 0 Å². The highest BCUT2D eigenvalue weighted by atomic mass is 32.1. The number of amides is 1. The van der Waals surface area contributed by atoms with Crippen molar-refractivity contribution in [1.82, 2.24) is 24.8 Å². The minimum absolute atomic E-state index is 0.125. The van der Waals surface area contributed by atoms with Gasteiger partial charge in [-0.3, -0.25) is 9.78 Å². The minimum atomic E-state index is -0.476. The van der Waals surface area contributed by atoms with Crippen molar-refractivity contribution in [2.45, 2.75) is 32.4 Å². The maximum absolute atomic E-state index is 13.0. The zero-order chi connectivity index (χ0) is 19.0. The van der Waals surface area contributed by atoms with Crippen molar-refractivity contribution < 1.29 is 9.90 Å². The average molecular weight is 384 g/mol. The molecule has 1 saturated heterocycles. The molecule has 0 spiro atoms. The Balaban J connectivity index is 1.69. The molecule has 140 valence electrons. The molecular weight excluding hydrogens is 364 g/mol. The summed E-state index contributed by atoms with van der Waals surface area (Å²) in [6.45, 7) is 4.69. The molecule has 4 rings (SSSR count). The molecule has 0 bridgehead atoms. The van der Waals surface area contributed by atoms with Gasteiger partial charge in [0.05, 0.1) is 22.8 Å². The third-order valence-electron chi connectivity index (χ3n) is 4.49. The fourth-order valence-corrected chi connectivity index (χ4v) is 3.95. The summed E-state index contributed by atoms with van der Waals surface area (Å²) in [5.41, 5.74) is 1.69. The van der Waals surface area contributed by atoms with Crippen molar-refractivity contribution in [2.75, 3.05) is 18.4 Å². The van der Waals surface area contributed by atoms with Crippen LogP contribution in [0, 0.1) is 6.92 Å². The molecule has 0 saturated carbocycles. The van der Waals surface area contributed by atoms with Crippen molar-refractivity contribution in [1.29, 1.82) is 0 Å². The molecule has 8 nitrogen and oxygen atoms in total. The normalized spacial score (nSPS) is 18.0. The van der Waals surface area contributed by atoms with Crippen molar-refractivity contribution in [3.05, 3.63) is 40.8 Å². The Morgan fingerprint density at radius 3 is 2.93 bits per heavy atom. The first-order valence-corrected chi connectivity index (χ1v) is 9.63. The third-order valence-corrected chi connectivity index (χ3v) is 5.46. The van der Waals surface area contributed by atoms with Gasteiger partial charge in [-0.15, -0.1) is 11.3 Å². The summed E-state index contributed by atoms with van der Waals surface area (Å²) in [7, 11) is 0. The van der Waals surface area contributed by atoms with Gasteiger partial charge in [0.15, 0.2) is 11.3 Å². The first kappa shape index (κ1) is 17.7. The number of aliphatic hydroxyl groups is 1. The number of nitrogens with zero attached hydrogens (tertiary/aromatic N) is 5. The van der Waals surface area contributed by atoms with E-state index in [1.54, 1.807) is 11.1 Å². The Morgan fingerprint density at radius 2 is 2.22 bits per heavy atom. The van der Waals surface area contributed by atoms with E-state index < -0.39 is 6.10 Å². The number of hydrogen-bond acceptors (Lipinski definition) is 8. The van der Waals surface area contributed by atoms with Gasteiger partial charge in [-0.25, -0.2) is 9.97 Å². The lowest BCUT2D eigenvalue weighted by Crippen LogP contribution is -2.30. The van der Waals surface area contributed by atoms with E-state index in [2.05, 4.69) is 25.3 Å². The molecule has 3 aromatic heterocycles. The van der Waals surface area contributed by atoms with E-state index in [4.69, 9.17) is 0 Å². The van der Waals surface area contributed by atoms with E-state index in [1.807, 2.05) is 32.0 Å². The molecule has 1 aliphatic heterocycles. The lowest BCUT2D eigenvalue weighted by Gasteiger charge is -2.17. The molecule has 9 heteroatoms. The summed E-state index contributed by atoms with van der Waals surface area (Å²) in [6, 6.07) is 5.57. The molecule has 4 heterocycles. The highest BCUT2D eigenvalue weighted by Crippen LogP contribution is 2.27. The van der Waals surface area contributed by atoms with Gasteiger partial charge in [-0.2, -0.15) is 4.98 Å². The van der Waals surface area contributed by atoms with E-state index in [-0.39, 0.29) is 11.9 Å². The number of aromatic nitrogens is 4. The van der Waals surface area contributed by atoms with Crippen LogP contribution >= 0.6 is 11.3 Å². The SMILES string of the molecule is Cc1nc2nc(N[C@@H](C)c3ccccn3)nc(C(=O)N3CCC(O)C3)c2s1. The number of thiazole rings is 1. The van der Waals surface area contributed by atoms with E-state index in [0.29, 0.717) is 41.5 Å². The molecule has 1 amide bonds. The minimum Gasteiger partial charge on any atom is -0.391 e. The Labute approximate surface area is 160 Å². The van der Waals surface area contributed by atoms with Gasteiger partial charge in [0.2, 0.25) is 5.95 Å². The zero-order valence-electron chi connectivity index (χ0n) is 15.1. The Bertz CT molecular complexity index is 977. The predicted octanol–water partition coefficient (Wildman–Crippen LogP) is 2.17. The monoisotopic (exact) mass is 384 g/mol. The van der Waals surface area contributed by atoms with E-state index >= 15 is 0 Å². The van der Waals surface area contributed by atoms with Crippen LogP contribution in [0.1, 0.15) is 40.6 Å². The highest BCUT2D eigenvalue weighted by Gasteiger charge is 2.29. The topological polar surface area (TPSA) is 104 Å². The molecule has 2 N–H and O–H groups in total. The number of carbonyl (C=O) groups excluding carboxylic acids is 1. The third kappa shape index (κ3) is 3.60. The van der Waals surface area contributed by atoms with Crippen molar-refractivity contribution >= 4 is 33.5 Å². The number of hydrogen-bond donors (Lipinski definition) is 2. The van der Waals surface area contributed by atoms with Crippen LogP contribution in [0.2, 0.25) is 0 Å². The summed E-state index contributed by atoms with van der Waals surface area (Å²) >= 11 is 1.40. The summed E-state index contributed by atoms with van der Waals surface area (Å²) in [4.78, 5) is 32.4. The number of nitrogens with one attached hydrogen (secondary N) is 1. The number of carbonyl (C=O) groups is 1. The van der Waals surface area contributed by atoms with Crippen LogP contribution < -0.4 is 5.32 Å². The summed E-state index contributed by atoms with van der Waals surface area (Å²) < 4.78 is 0.676. The van der Waals surface area contributed by atoms with Crippen LogP contribution in [0.25, 0.3) is 10.3 Å². The molecule has 2 atom stereocenters. The molecule has 27 heavy (non-hydrogen) atoms. The first-order chi connectivity index (χ1) is 13.0. The second kappa shape index (κ2) is 7.16. The van der Waals surface area contributed by atoms with E-state index in [0.717, 1.165) is 10.7 Å². The van der Waals surface area contributed by atoms with Gasteiger partial charge in [0.1, 0.15) is 4.70 Å². The van der Waals surface area contributed by atoms with Crippen LogP contribution in [0.5, 0.6) is 0 Å². The van der Waals surface area contributed by atoms with Gasteiger partial charge >= 0.3 is 0 Å². The number of β-amino-alcohol motifs (C(OH)–C–C–N with tert-alkyl or cyclic N) is 1. The van der Waals surface area contributed by atoms with E-state index in [9.17, 15) is 9.90 Å². The van der Waals surface area contributed by atoms with Gasteiger partial charge in [0, 0.05) is 19.3 Å². The molecule has 3 aromatic rings. The number of likely N-dealkylation sites (tertiary alicyclic amines) is 1. The number of rotatable bonds is 4. The molecule has 0 radical (unpaired) electrons. The second-order valence-electron chi connectivity index (χ2n) is 6.60. The summed E-state index contributed by atoms with van der Waals surface area (Å²) in [5, 5.41) is 13.8. The fraction of sp³-hybridized carbons (Fsp3) is 0.389. The van der Waals surface area contributed by atoms with Gasteiger partial charge in [-0.1, -0.05) is 6.07 Å². The number of aliphatic hydroxyl groups excluding tert-OH is 1. The quantitative estimate of drug-likeness (QED) is 0.710. The molecule has 1 unspecified atom stereocenters. The smallest absolute Gasteiger partial charge is 0.274 e. The number of fused-ring (bicyclic) bond motifs is 1. The molecule has 0 aliphatic carbocycles. The summed E-state index contributed by atoms with van der Waals surface area (Å²) in [6.07, 6.45) is 1.84. The largest absolute Gasteiger partial charge is 0.391 e. The molecule has 0 aromatic carbocycles. The first-order valence-electron chi connectivity index (χ1n) is 8.81.